The Balaban J connectivity index is 1.96. The zero-order chi connectivity index (χ0) is 14.8. The molecule has 0 spiro atoms. The van der Waals surface area contributed by atoms with Crippen molar-refractivity contribution in [1.82, 2.24) is 10.2 Å². The van der Waals surface area contributed by atoms with Crippen LogP contribution in [-0.4, -0.2) is 31.1 Å². The van der Waals surface area contributed by atoms with Gasteiger partial charge in [0.15, 0.2) is 11.6 Å². The molecule has 1 aliphatic heterocycles. The number of rotatable bonds is 3. The molecule has 1 aromatic carbocycles. The molecule has 1 heterocycles. The van der Waals surface area contributed by atoms with Gasteiger partial charge in [0, 0.05) is 37.8 Å². The van der Waals surface area contributed by atoms with Gasteiger partial charge in [-0.3, -0.25) is 4.90 Å². The molecule has 1 aliphatic carbocycles. The highest BCUT2D eigenvalue weighted by Crippen LogP contribution is 2.41. The Hall–Kier alpha value is -1.00. The van der Waals surface area contributed by atoms with E-state index < -0.39 is 11.6 Å². The second kappa shape index (κ2) is 6.41. The van der Waals surface area contributed by atoms with Gasteiger partial charge >= 0.3 is 0 Å². The fourth-order valence-corrected chi connectivity index (χ4v) is 3.87. The molecule has 3 rings (SSSR count). The van der Waals surface area contributed by atoms with E-state index in [1.54, 1.807) is 19.1 Å². The van der Waals surface area contributed by atoms with Gasteiger partial charge in [-0.2, -0.15) is 0 Å². The van der Waals surface area contributed by atoms with Crippen LogP contribution < -0.4 is 5.32 Å². The molecule has 0 aromatic heterocycles. The minimum Gasteiger partial charge on any atom is -0.314 e. The summed E-state index contributed by atoms with van der Waals surface area (Å²) in [6, 6.07) is 3.56. The van der Waals surface area contributed by atoms with Crippen LogP contribution in [0.2, 0.25) is 0 Å². The summed E-state index contributed by atoms with van der Waals surface area (Å²) >= 11 is 0. The predicted octanol–water partition coefficient (Wildman–Crippen LogP) is 3.41. The van der Waals surface area contributed by atoms with Gasteiger partial charge < -0.3 is 5.32 Å². The first kappa shape index (κ1) is 14.9. The number of aryl methyl sites for hydroxylation is 1. The Kier molecular flexibility index (Phi) is 4.55. The van der Waals surface area contributed by atoms with Crippen LogP contribution in [0.5, 0.6) is 0 Å². The van der Waals surface area contributed by atoms with Crippen LogP contribution in [0, 0.1) is 24.5 Å². The van der Waals surface area contributed by atoms with Gasteiger partial charge in [0.05, 0.1) is 0 Å². The van der Waals surface area contributed by atoms with E-state index >= 15 is 0 Å². The monoisotopic (exact) mass is 294 g/mol. The maximum Gasteiger partial charge on any atom is 0.163 e. The molecule has 0 amide bonds. The maximum absolute atomic E-state index is 14.5. The third-order valence-electron chi connectivity index (χ3n) is 5.02. The number of hydrogen-bond acceptors (Lipinski definition) is 2. The summed E-state index contributed by atoms with van der Waals surface area (Å²) in [6.07, 6.45) is 4.68. The third kappa shape index (κ3) is 2.97. The largest absolute Gasteiger partial charge is 0.314 e. The summed E-state index contributed by atoms with van der Waals surface area (Å²) in [4.78, 5) is 2.35. The molecule has 2 nitrogen and oxygen atoms in total. The molecular weight excluding hydrogens is 270 g/mol. The molecule has 2 fully saturated rings. The van der Waals surface area contributed by atoms with E-state index in [9.17, 15) is 8.78 Å². The van der Waals surface area contributed by atoms with E-state index in [4.69, 9.17) is 0 Å². The summed E-state index contributed by atoms with van der Waals surface area (Å²) in [7, 11) is 0. The van der Waals surface area contributed by atoms with Crippen molar-refractivity contribution in [2.45, 2.75) is 38.6 Å². The fraction of sp³-hybridized carbons (Fsp3) is 0.647. The zero-order valence-electron chi connectivity index (χ0n) is 12.7. The molecule has 1 N–H and O–H groups in total. The van der Waals surface area contributed by atoms with Crippen molar-refractivity contribution >= 4 is 0 Å². The van der Waals surface area contributed by atoms with Crippen LogP contribution in [0.15, 0.2) is 12.1 Å². The van der Waals surface area contributed by atoms with E-state index in [0.717, 1.165) is 39.0 Å². The normalized spacial score (nSPS) is 22.6. The molecular formula is C17H24F2N2. The van der Waals surface area contributed by atoms with Crippen molar-refractivity contribution in [2.24, 2.45) is 5.92 Å². The molecule has 4 heteroatoms. The number of nitrogens with zero attached hydrogens (tertiary/aromatic N) is 1. The number of halogens is 2. The van der Waals surface area contributed by atoms with Crippen LogP contribution in [-0.2, 0) is 0 Å². The summed E-state index contributed by atoms with van der Waals surface area (Å²) in [5.74, 6) is -0.851. The zero-order valence-corrected chi connectivity index (χ0v) is 12.7. The van der Waals surface area contributed by atoms with Crippen LogP contribution >= 0.6 is 0 Å². The van der Waals surface area contributed by atoms with Crippen LogP contribution in [0.4, 0.5) is 8.78 Å². The van der Waals surface area contributed by atoms with Crippen LogP contribution in [0.25, 0.3) is 0 Å². The highest BCUT2D eigenvalue weighted by molar-refractivity contribution is 5.29. The van der Waals surface area contributed by atoms with Crippen molar-refractivity contribution in [3.05, 3.63) is 34.9 Å². The lowest BCUT2D eigenvalue weighted by Crippen LogP contribution is -2.47. The van der Waals surface area contributed by atoms with Crippen LogP contribution in [0.1, 0.15) is 42.9 Å². The summed E-state index contributed by atoms with van der Waals surface area (Å²) in [5.41, 5.74) is 0.952. The first-order valence-electron chi connectivity index (χ1n) is 8.07. The quantitative estimate of drug-likeness (QED) is 0.919. The van der Waals surface area contributed by atoms with E-state index in [-0.39, 0.29) is 6.04 Å². The first-order valence-corrected chi connectivity index (χ1v) is 8.07. The van der Waals surface area contributed by atoms with Crippen molar-refractivity contribution in [1.29, 1.82) is 0 Å². The van der Waals surface area contributed by atoms with Crippen molar-refractivity contribution in [2.75, 3.05) is 26.2 Å². The van der Waals surface area contributed by atoms with Crippen molar-refractivity contribution < 1.29 is 8.78 Å². The molecule has 1 saturated heterocycles. The Morgan fingerprint density at radius 3 is 2.43 bits per heavy atom. The Morgan fingerprint density at radius 2 is 1.76 bits per heavy atom. The molecule has 0 bridgehead atoms. The van der Waals surface area contributed by atoms with Gasteiger partial charge in [-0.05, 0) is 31.2 Å². The van der Waals surface area contributed by atoms with Crippen molar-refractivity contribution in [3.8, 4) is 0 Å². The minimum absolute atomic E-state index is 0.0321. The summed E-state index contributed by atoms with van der Waals surface area (Å²) in [6.45, 7) is 5.31. The first-order chi connectivity index (χ1) is 10.2. The Labute approximate surface area is 125 Å². The van der Waals surface area contributed by atoms with Gasteiger partial charge in [0.25, 0.3) is 0 Å². The van der Waals surface area contributed by atoms with Gasteiger partial charge in [-0.25, -0.2) is 8.78 Å². The molecule has 0 unspecified atom stereocenters. The second-order valence-corrected chi connectivity index (χ2v) is 6.37. The molecule has 21 heavy (non-hydrogen) atoms. The van der Waals surface area contributed by atoms with Crippen LogP contribution in [0.3, 0.4) is 0 Å². The average molecular weight is 294 g/mol. The topological polar surface area (TPSA) is 15.3 Å². The molecule has 116 valence electrons. The molecule has 0 radical (unpaired) electrons. The number of hydrogen-bond donors (Lipinski definition) is 1. The van der Waals surface area contributed by atoms with Gasteiger partial charge in [-0.15, -0.1) is 0 Å². The highest BCUT2D eigenvalue weighted by atomic mass is 19.2. The fourth-order valence-electron chi connectivity index (χ4n) is 3.87. The SMILES string of the molecule is Cc1ccc([C@H](C2CCCC2)N2CCNCC2)c(F)c1F. The number of piperazine rings is 1. The average Bonchev–Trinajstić information content (AvgIpc) is 3.03. The van der Waals surface area contributed by atoms with E-state index in [1.807, 2.05) is 0 Å². The maximum atomic E-state index is 14.5. The Bertz CT molecular complexity index is 492. The van der Waals surface area contributed by atoms with Gasteiger partial charge in [-0.1, -0.05) is 25.0 Å². The van der Waals surface area contributed by atoms with E-state index in [2.05, 4.69) is 10.2 Å². The number of nitrogens with one attached hydrogen (secondary N) is 1. The standard InChI is InChI=1S/C17H24F2N2/c1-12-6-7-14(16(19)15(12)18)17(13-4-2-3-5-13)21-10-8-20-9-11-21/h6-7,13,17,20H,2-5,8-11H2,1H3/t17-/m0/s1. The minimum atomic E-state index is -0.675. The highest BCUT2D eigenvalue weighted by Gasteiger charge is 2.34. The lowest BCUT2D eigenvalue weighted by molar-refractivity contribution is 0.122. The Morgan fingerprint density at radius 1 is 1.10 bits per heavy atom. The summed E-state index contributed by atoms with van der Waals surface area (Å²) < 4.78 is 28.5. The number of benzene rings is 1. The summed E-state index contributed by atoms with van der Waals surface area (Å²) in [5, 5.41) is 3.34. The molecule has 1 aromatic rings. The predicted molar refractivity (Wildman–Crippen MR) is 80.2 cm³/mol. The second-order valence-electron chi connectivity index (χ2n) is 6.37. The van der Waals surface area contributed by atoms with E-state index in [1.165, 1.54) is 12.8 Å². The van der Waals surface area contributed by atoms with Gasteiger partial charge in [0.2, 0.25) is 0 Å². The molecule has 2 aliphatic rings. The molecule has 1 atom stereocenters. The van der Waals surface area contributed by atoms with E-state index in [0.29, 0.717) is 17.0 Å². The lowest BCUT2D eigenvalue weighted by Gasteiger charge is -2.38. The third-order valence-corrected chi connectivity index (χ3v) is 5.02. The molecule has 1 saturated carbocycles. The van der Waals surface area contributed by atoms with Gasteiger partial charge in [0.1, 0.15) is 0 Å². The lowest BCUT2D eigenvalue weighted by atomic mass is 9.88. The van der Waals surface area contributed by atoms with Crippen molar-refractivity contribution in [3.63, 3.8) is 0 Å². The smallest absolute Gasteiger partial charge is 0.163 e.